The molecule has 1 unspecified atom stereocenters. The molecule has 0 saturated heterocycles. The van der Waals surface area contributed by atoms with E-state index >= 15 is 0 Å². The number of hydrogen-bond donors (Lipinski definition) is 1. The first-order chi connectivity index (χ1) is 6.38. The van der Waals surface area contributed by atoms with Gasteiger partial charge in [0.1, 0.15) is 0 Å². The van der Waals surface area contributed by atoms with Crippen molar-refractivity contribution < 1.29 is 5.11 Å². The molecular formula is C12H20O. The number of aliphatic hydroxyl groups excluding tert-OH is 1. The summed E-state index contributed by atoms with van der Waals surface area (Å²) in [5, 5.41) is 9.78. The molecule has 2 aliphatic rings. The average molecular weight is 180 g/mol. The van der Waals surface area contributed by atoms with Gasteiger partial charge in [-0.25, -0.2) is 0 Å². The molecule has 0 aromatic carbocycles. The highest BCUT2D eigenvalue weighted by atomic mass is 16.3. The highest BCUT2D eigenvalue weighted by Gasteiger charge is 2.22. The van der Waals surface area contributed by atoms with Crippen LogP contribution in [0.25, 0.3) is 0 Å². The molecular weight excluding hydrogens is 160 g/mol. The second kappa shape index (κ2) is 4.28. The van der Waals surface area contributed by atoms with Crippen molar-refractivity contribution in [2.24, 2.45) is 0 Å². The number of aliphatic hydroxyl groups is 1. The molecule has 0 amide bonds. The third kappa shape index (κ3) is 2.14. The normalized spacial score (nSPS) is 30.7. The molecule has 0 heterocycles. The lowest BCUT2D eigenvalue weighted by atomic mass is 10.0. The predicted molar refractivity (Wildman–Crippen MR) is 54.6 cm³/mol. The second-order valence-electron chi connectivity index (χ2n) is 4.45. The number of allylic oxidation sites excluding steroid dienone is 1. The maximum absolute atomic E-state index is 9.78. The van der Waals surface area contributed by atoms with Crippen LogP contribution in [-0.4, -0.2) is 11.2 Å². The lowest BCUT2D eigenvalue weighted by Crippen LogP contribution is -2.04. The molecule has 0 aromatic heterocycles. The van der Waals surface area contributed by atoms with Crippen LogP contribution in [0.5, 0.6) is 0 Å². The first-order valence-electron chi connectivity index (χ1n) is 5.77. The van der Waals surface area contributed by atoms with E-state index in [1.807, 2.05) is 0 Å². The van der Waals surface area contributed by atoms with Gasteiger partial charge < -0.3 is 5.11 Å². The fourth-order valence-electron chi connectivity index (χ4n) is 2.69. The molecule has 2 aliphatic carbocycles. The van der Waals surface area contributed by atoms with Gasteiger partial charge in [0.05, 0.1) is 6.10 Å². The number of hydrogen-bond acceptors (Lipinski definition) is 1. The van der Waals surface area contributed by atoms with Crippen LogP contribution in [0.15, 0.2) is 11.1 Å². The van der Waals surface area contributed by atoms with E-state index in [1.165, 1.54) is 56.9 Å². The van der Waals surface area contributed by atoms with Gasteiger partial charge in [-0.3, -0.25) is 0 Å². The Morgan fingerprint density at radius 3 is 2.38 bits per heavy atom. The monoisotopic (exact) mass is 180 g/mol. The molecule has 1 nitrogen and oxygen atoms in total. The standard InChI is InChI=1S/C12H20O/c13-12-9-8-10-6-4-2-1-3-5-7-11(10)12/h12-13H,1-9H2. The van der Waals surface area contributed by atoms with Crippen LogP contribution in [-0.2, 0) is 0 Å². The van der Waals surface area contributed by atoms with Gasteiger partial charge in [-0.1, -0.05) is 24.8 Å². The third-order valence-corrected chi connectivity index (χ3v) is 3.50. The van der Waals surface area contributed by atoms with Crippen LogP contribution in [0.3, 0.4) is 0 Å². The first-order valence-corrected chi connectivity index (χ1v) is 5.77. The fraction of sp³-hybridized carbons (Fsp3) is 0.833. The zero-order valence-electron chi connectivity index (χ0n) is 8.39. The smallest absolute Gasteiger partial charge is 0.0755 e. The van der Waals surface area contributed by atoms with Crippen molar-refractivity contribution in [2.75, 3.05) is 0 Å². The summed E-state index contributed by atoms with van der Waals surface area (Å²) in [4.78, 5) is 0. The molecule has 0 bridgehead atoms. The van der Waals surface area contributed by atoms with Gasteiger partial charge in [0.15, 0.2) is 0 Å². The molecule has 0 radical (unpaired) electrons. The van der Waals surface area contributed by atoms with Crippen LogP contribution >= 0.6 is 0 Å². The third-order valence-electron chi connectivity index (χ3n) is 3.50. The van der Waals surface area contributed by atoms with Gasteiger partial charge in [0.25, 0.3) is 0 Å². The lowest BCUT2D eigenvalue weighted by molar-refractivity contribution is 0.207. The van der Waals surface area contributed by atoms with Crippen molar-refractivity contribution in [3.05, 3.63) is 11.1 Å². The summed E-state index contributed by atoms with van der Waals surface area (Å²) in [6.07, 6.45) is 11.4. The van der Waals surface area contributed by atoms with Gasteiger partial charge in [-0.05, 0) is 44.1 Å². The summed E-state index contributed by atoms with van der Waals surface area (Å²) in [5.41, 5.74) is 3.02. The SMILES string of the molecule is OC1CCC2=C1CCCCCCC2. The molecule has 1 atom stereocenters. The second-order valence-corrected chi connectivity index (χ2v) is 4.45. The first kappa shape index (κ1) is 9.26. The van der Waals surface area contributed by atoms with Gasteiger partial charge >= 0.3 is 0 Å². The summed E-state index contributed by atoms with van der Waals surface area (Å²) in [5.74, 6) is 0. The van der Waals surface area contributed by atoms with Crippen LogP contribution in [0.1, 0.15) is 57.8 Å². The van der Waals surface area contributed by atoms with Crippen LogP contribution < -0.4 is 0 Å². The molecule has 0 saturated carbocycles. The Kier molecular flexibility index (Phi) is 3.05. The Labute approximate surface area is 80.8 Å². The molecule has 1 N–H and O–H groups in total. The minimum atomic E-state index is -0.0758. The topological polar surface area (TPSA) is 20.2 Å². The predicted octanol–water partition coefficient (Wildman–Crippen LogP) is 3.18. The van der Waals surface area contributed by atoms with Gasteiger partial charge in [-0.2, -0.15) is 0 Å². The van der Waals surface area contributed by atoms with Crippen LogP contribution in [0, 0.1) is 0 Å². The Balaban J connectivity index is 2.05. The van der Waals surface area contributed by atoms with E-state index < -0.39 is 0 Å². The Morgan fingerprint density at radius 1 is 0.846 bits per heavy atom. The molecule has 2 rings (SSSR count). The molecule has 0 aliphatic heterocycles. The number of rotatable bonds is 0. The summed E-state index contributed by atoms with van der Waals surface area (Å²) >= 11 is 0. The Hall–Kier alpha value is -0.300. The minimum absolute atomic E-state index is 0.0758. The zero-order valence-corrected chi connectivity index (χ0v) is 8.39. The van der Waals surface area contributed by atoms with Crippen molar-refractivity contribution in [1.29, 1.82) is 0 Å². The quantitative estimate of drug-likeness (QED) is 0.568. The van der Waals surface area contributed by atoms with E-state index in [-0.39, 0.29) is 6.10 Å². The molecule has 0 aromatic rings. The van der Waals surface area contributed by atoms with Crippen molar-refractivity contribution in [3.8, 4) is 0 Å². The highest BCUT2D eigenvalue weighted by Crippen LogP contribution is 2.34. The van der Waals surface area contributed by atoms with Gasteiger partial charge in [-0.15, -0.1) is 0 Å². The molecule has 1 heteroatoms. The van der Waals surface area contributed by atoms with Gasteiger partial charge in [0, 0.05) is 0 Å². The van der Waals surface area contributed by atoms with Gasteiger partial charge in [0.2, 0.25) is 0 Å². The Morgan fingerprint density at radius 2 is 1.54 bits per heavy atom. The largest absolute Gasteiger partial charge is 0.389 e. The average Bonchev–Trinajstić information content (AvgIpc) is 2.51. The summed E-state index contributed by atoms with van der Waals surface area (Å²) in [6.45, 7) is 0. The van der Waals surface area contributed by atoms with E-state index in [0.29, 0.717) is 0 Å². The summed E-state index contributed by atoms with van der Waals surface area (Å²) in [7, 11) is 0. The van der Waals surface area contributed by atoms with Crippen LogP contribution in [0.4, 0.5) is 0 Å². The molecule has 0 fully saturated rings. The van der Waals surface area contributed by atoms with Crippen molar-refractivity contribution in [2.45, 2.75) is 63.9 Å². The van der Waals surface area contributed by atoms with E-state index in [0.717, 1.165) is 6.42 Å². The van der Waals surface area contributed by atoms with Crippen molar-refractivity contribution >= 4 is 0 Å². The molecule has 74 valence electrons. The van der Waals surface area contributed by atoms with Crippen molar-refractivity contribution in [1.82, 2.24) is 0 Å². The van der Waals surface area contributed by atoms with E-state index in [1.54, 1.807) is 5.57 Å². The lowest BCUT2D eigenvalue weighted by Gasteiger charge is -2.08. The zero-order chi connectivity index (χ0) is 9.10. The fourth-order valence-corrected chi connectivity index (χ4v) is 2.69. The van der Waals surface area contributed by atoms with E-state index in [2.05, 4.69) is 0 Å². The van der Waals surface area contributed by atoms with Crippen LogP contribution in [0.2, 0.25) is 0 Å². The summed E-state index contributed by atoms with van der Waals surface area (Å²) in [6, 6.07) is 0. The molecule has 13 heavy (non-hydrogen) atoms. The van der Waals surface area contributed by atoms with E-state index in [9.17, 15) is 5.11 Å². The molecule has 0 spiro atoms. The maximum Gasteiger partial charge on any atom is 0.0755 e. The van der Waals surface area contributed by atoms with Crippen molar-refractivity contribution in [3.63, 3.8) is 0 Å². The highest BCUT2D eigenvalue weighted by molar-refractivity contribution is 5.24. The van der Waals surface area contributed by atoms with E-state index in [4.69, 9.17) is 0 Å². The summed E-state index contributed by atoms with van der Waals surface area (Å²) < 4.78 is 0. The Bertz CT molecular complexity index is 205. The minimum Gasteiger partial charge on any atom is -0.389 e. The maximum atomic E-state index is 9.78.